The van der Waals surface area contributed by atoms with E-state index in [9.17, 15) is 14.4 Å². The van der Waals surface area contributed by atoms with Gasteiger partial charge in [-0.1, -0.05) is 44.2 Å². The molecule has 2 aromatic carbocycles. The number of pyridine rings is 1. The quantitative estimate of drug-likeness (QED) is 0.615. The average Bonchev–Trinajstić information content (AvgIpc) is 2.73. The van der Waals surface area contributed by atoms with Crippen LogP contribution in [0.2, 0.25) is 0 Å². The van der Waals surface area contributed by atoms with Crippen LogP contribution in [0.5, 0.6) is 0 Å². The Labute approximate surface area is 168 Å². The van der Waals surface area contributed by atoms with Crippen molar-refractivity contribution in [2.45, 2.75) is 39.2 Å². The molecule has 0 aliphatic rings. The number of benzene rings is 2. The average molecular weight is 392 g/mol. The molecule has 2 N–H and O–H groups in total. The van der Waals surface area contributed by atoms with Crippen LogP contribution in [0.25, 0.3) is 10.9 Å². The minimum absolute atomic E-state index is 0.00774. The van der Waals surface area contributed by atoms with Gasteiger partial charge >= 0.3 is 5.97 Å². The summed E-state index contributed by atoms with van der Waals surface area (Å²) in [6.45, 7) is 5.67. The Morgan fingerprint density at radius 2 is 1.76 bits per heavy atom. The van der Waals surface area contributed by atoms with E-state index in [0.717, 1.165) is 12.0 Å². The van der Waals surface area contributed by atoms with Crippen LogP contribution in [0, 0.1) is 0 Å². The number of fused-ring (bicyclic) bond motifs is 1. The molecule has 29 heavy (non-hydrogen) atoms. The van der Waals surface area contributed by atoms with Crippen molar-refractivity contribution in [2.75, 3.05) is 5.32 Å². The number of hydrogen-bond donors (Lipinski definition) is 2. The zero-order valence-electron chi connectivity index (χ0n) is 16.7. The van der Waals surface area contributed by atoms with Crippen LogP contribution in [-0.4, -0.2) is 23.0 Å². The molecule has 3 rings (SSSR count). The molecule has 1 aromatic heterocycles. The Morgan fingerprint density at radius 3 is 2.52 bits per heavy atom. The second kappa shape index (κ2) is 8.73. The third kappa shape index (κ3) is 4.54. The topological polar surface area (TPSA) is 88.3 Å². The van der Waals surface area contributed by atoms with E-state index in [2.05, 4.69) is 24.1 Å². The number of nitrogens with one attached hydrogen (secondary N) is 2. The number of aromatic amines is 1. The molecular weight excluding hydrogens is 368 g/mol. The number of carbonyl (C=O) groups is 2. The summed E-state index contributed by atoms with van der Waals surface area (Å²) in [5, 5.41) is 3.32. The molecular formula is C23H24N2O4. The fraction of sp³-hybridized carbons (Fsp3) is 0.261. The monoisotopic (exact) mass is 392 g/mol. The van der Waals surface area contributed by atoms with Crippen LogP contribution >= 0.6 is 0 Å². The number of aromatic nitrogens is 1. The molecule has 0 radical (unpaired) electrons. The number of hydrogen-bond acceptors (Lipinski definition) is 4. The van der Waals surface area contributed by atoms with Gasteiger partial charge in [-0.15, -0.1) is 0 Å². The van der Waals surface area contributed by atoms with Crippen LogP contribution in [-0.2, 0) is 9.53 Å². The maximum Gasteiger partial charge on any atom is 0.355 e. The van der Waals surface area contributed by atoms with Gasteiger partial charge in [-0.25, -0.2) is 4.79 Å². The second-order valence-corrected chi connectivity index (χ2v) is 7.03. The van der Waals surface area contributed by atoms with Gasteiger partial charge < -0.3 is 15.0 Å². The highest BCUT2D eigenvalue weighted by Gasteiger charge is 2.21. The Bertz CT molecular complexity index is 1100. The van der Waals surface area contributed by atoms with E-state index in [-0.39, 0.29) is 17.0 Å². The standard InChI is InChI=1S/C23H24N2O4/c1-4-14(2)16-9-5-7-11-18(16)25-22(27)15(3)29-23(28)20-13-21(26)17-10-6-8-12-19(17)24-20/h5-15H,4H2,1-3H3,(H,24,26)(H,25,27)/t14-,15-/m0/s1. The minimum Gasteiger partial charge on any atom is -0.448 e. The van der Waals surface area contributed by atoms with E-state index in [1.54, 1.807) is 24.3 Å². The molecule has 3 aromatic rings. The lowest BCUT2D eigenvalue weighted by Crippen LogP contribution is -2.31. The molecule has 0 fully saturated rings. The predicted molar refractivity (Wildman–Crippen MR) is 113 cm³/mol. The number of rotatable bonds is 6. The van der Waals surface area contributed by atoms with Crippen molar-refractivity contribution >= 4 is 28.5 Å². The summed E-state index contributed by atoms with van der Waals surface area (Å²) in [4.78, 5) is 40.1. The number of carbonyl (C=O) groups excluding carboxylic acids is 2. The molecule has 0 saturated heterocycles. The molecule has 1 amide bonds. The van der Waals surface area contributed by atoms with E-state index in [0.29, 0.717) is 16.6 Å². The first-order chi connectivity index (χ1) is 13.9. The van der Waals surface area contributed by atoms with Crippen molar-refractivity contribution in [2.24, 2.45) is 0 Å². The van der Waals surface area contributed by atoms with Crippen LogP contribution in [0.3, 0.4) is 0 Å². The summed E-state index contributed by atoms with van der Waals surface area (Å²) < 4.78 is 5.28. The highest BCUT2D eigenvalue weighted by Crippen LogP contribution is 2.26. The number of esters is 1. The zero-order chi connectivity index (χ0) is 21.0. The van der Waals surface area contributed by atoms with E-state index >= 15 is 0 Å². The number of para-hydroxylation sites is 2. The van der Waals surface area contributed by atoms with E-state index in [1.165, 1.54) is 13.0 Å². The van der Waals surface area contributed by atoms with Gasteiger partial charge in [-0.05, 0) is 43.0 Å². The van der Waals surface area contributed by atoms with E-state index < -0.39 is 18.0 Å². The normalized spacial score (nSPS) is 12.9. The van der Waals surface area contributed by atoms with Crippen molar-refractivity contribution in [3.63, 3.8) is 0 Å². The molecule has 1 heterocycles. The smallest absolute Gasteiger partial charge is 0.355 e. The van der Waals surface area contributed by atoms with Crippen molar-refractivity contribution in [1.82, 2.24) is 4.98 Å². The van der Waals surface area contributed by atoms with Gasteiger partial charge in [0.25, 0.3) is 5.91 Å². The van der Waals surface area contributed by atoms with Gasteiger partial charge in [-0.2, -0.15) is 0 Å². The maximum absolute atomic E-state index is 12.6. The molecule has 0 unspecified atom stereocenters. The summed E-state index contributed by atoms with van der Waals surface area (Å²) in [6.07, 6.45) is -0.0882. The summed E-state index contributed by atoms with van der Waals surface area (Å²) in [7, 11) is 0. The van der Waals surface area contributed by atoms with Crippen molar-refractivity contribution < 1.29 is 14.3 Å². The second-order valence-electron chi connectivity index (χ2n) is 7.03. The molecule has 0 spiro atoms. The Hall–Kier alpha value is -3.41. The maximum atomic E-state index is 12.6. The zero-order valence-corrected chi connectivity index (χ0v) is 16.7. The molecule has 2 atom stereocenters. The van der Waals surface area contributed by atoms with Crippen molar-refractivity contribution in [3.05, 3.63) is 76.1 Å². The Balaban J connectivity index is 1.73. The van der Waals surface area contributed by atoms with Gasteiger partial charge in [0, 0.05) is 22.7 Å². The number of H-pyrrole nitrogens is 1. The summed E-state index contributed by atoms with van der Waals surface area (Å²) >= 11 is 0. The number of ether oxygens (including phenoxy) is 1. The van der Waals surface area contributed by atoms with Crippen molar-refractivity contribution in [1.29, 1.82) is 0 Å². The third-order valence-corrected chi connectivity index (χ3v) is 4.97. The summed E-state index contributed by atoms with van der Waals surface area (Å²) in [5.41, 5.74) is 1.99. The largest absolute Gasteiger partial charge is 0.448 e. The summed E-state index contributed by atoms with van der Waals surface area (Å²) in [6, 6.07) is 15.7. The predicted octanol–water partition coefficient (Wildman–Crippen LogP) is 4.23. The highest BCUT2D eigenvalue weighted by molar-refractivity contribution is 5.98. The van der Waals surface area contributed by atoms with E-state index in [4.69, 9.17) is 4.74 Å². The fourth-order valence-corrected chi connectivity index (χ4v) is 3.08. The van der Waals surface area contributed by atoms with Gasteiger partial charge in [0.15, 0.2) is 11.5 Å². The molecule has 6 heteroatoms. The molecule has 6 nitrogen and oxygen atoms in total. The lowest BCUT2D eigenvalue weighted by atomic mass is 9.97. The van der Waals surface area contributed by atoms with Crippen molar-refractivity contribution in [3.8, 4) is 0 Å². The van der Waals surface area contributed by atoms with Crippen LogP contribution in [0.15, 0.2) is 59.4 Å². The number of anilines is 1. The molecule has 0 saturated carbocycles. The third-order valence-electron chi connectivity index (χ3n) is 4.97. The lowest BCUT2D eigenvalue weighted by Gasteiger charge is -2.18. The Morgan fingerprint density at radius 1 is 1.07 bits per heavy atom. The molecule has 0 bridgehead atoms. The Kier molecular flexibility index (Phi) is 6.12. The lowest BCUT2D eigenvalue weighted by molar-refractivity contribution is -0.123. The fourth-order valence-electron chi connectivity index (χ4n) is 3.08. The summed E-state index contributed by atoms with van der Waals surface area (Å²) in [5.74, 6) is -0.907. The first-order valence-corrected chi connectivity index (χ1v) is 9.63. The molecule has 0 aliphatic heterocycles. The number of amides is 1. The van der Waals surface area contributed by atoms with Crippen LogP contribution < -0.4 is 10.7 Å². The van der Waals surface area contributed by atoms with E-state index in [1.807, 2.05) is 24.3 Å². The highest BCUT2D eigenvalue weighted by atomic mass is 16.5. The van der Waals surface area contributed by atoms with Crippen LogP contribution in [0.1, 0.15) is 49.2 Å². The first kappa shape index (κ1) is 20.3. The molecule has 0 aliphatic carbocycles. The van der Waals surface area contributed by atoms with Gasteiger partial charge in [-0.3, -0.25) is 9.59 Å². The SMILES string of the molecule is CC[C@H](C)c1ccccc1NC(=O)[C@H](C)OC(=O)c1cc(=O)c2ccccc2[nH]1. The first-order valence-electron chi connectivity index (χ1n) is 9.63. The van der Waals surface area contributed by atoms with Gasteiger partial charge in [0.05, 0.1) is 0 Å². The van der Waals surface area contributed by atoms with Gasteiger partial charge in [0.1, 0.15) is 5.69 Å². The molecule has 150 valence electrons. The van der Waals surface area contributed by atoms with Gasteiger partial charge in [0.2, 0.25) is 0 Å². The minimum atomic E-state index is -1.03. The van der Waals surface area contributed by atoms with Crippen LogP contribution in [0.4, 0.5) is 5.69 Å².